The minimum atomic E-state index is -0.760. The molecule has 182 valence electrons. The van der Waals surface area contributed by atoms with Crippen molar-refractivity contribution >= 4 is 12.1 Å². The molecule has 0 radical (unpaired) electrons. The molecule has 0 aromatic heterocycles. The Bertz CT molecular complexity index is 778. The Kier molecular flexibility index (Phi) is 8.19. The number of carboxylic acids is 1. The maximum absolute atomic E-state index is 12.6. The summed E-state index contributed by atoms with van der Waals surface area (Å²) in [6.07, 6.45) is -0.270. The van der Waals surface area contributed by atoms with E-state index in [1.165, 1.54) is 5.56 Å². The summed E-state index contributed by atoms with van der Waals surface area (Å²) < 4.78 is 5.76. The molecular weight excluding hydrogens is 422 g/mol. The lowest BCUT2D eigenvalue weighted by Gasteiger charge is -2.38. The smallest absolute Gasteiger partial charge is 0.411 e. The van der Waals surface area contributed by atoms with E-state index in [1.54, 1.807) is 0 Å². The molecule has 3 fully saturated rings. The average Bonchev–Trinajstić information content (AvgIpc) is 3.11. The summed E-state index contributed by atoms with van der Waals surface area (Å²) in [4.78, 5) is 34.6. The Morgan fingerprint density at radius 3 is 2.18 bits per heavy atom. The first-order valence-corrected chi connectivity index (χ1v) is 12.1. The van der Waals surface area contributed by atoms with Crippen LogP contribution in [0.3, 0.4) is 0 Å². The number of hydrogen-bond donors (Lipinski definition) is 1. The van der Waals surface area contributed by atoms with E-state index in [4.69, 9.17) is 9.84 Å². The van der Waals surface area contributed by atoms with Crippen LogP contribution in [0.25, 0.3) is 0 Å². The molecule has 33 heavy (non-hydrogen) atoms. The number of ether oxygens (including phenoxy) is 1. The standard InChI is InChI=1S/C24H37N5O4/c1-20-23(28-16-13-25(14-17-28)8-7-22(30)31)33-24(32)29(20)18-15-26-9-11-27(12-10-26)19-21-5-3-2-4-6-21/h2-6,20,23H,7-19H2,1H3,(H,30,31). The second kappa shape index (κ2) is 11.3. The van der Waals surface area contributed by atoms with Crippen LogP contribution in [-0.2, 0) is 16.1 Å². The van der Waals surface area contributed by atoms with Crippen molar-refractivity contribution < 1.29 is 19.4 Å². The number of cyclic esters (lactones) is 1. The van der Waals surface area contributed by atoms with Crippen molar-refractivity contribution in [1.82, 2.24) is 24.5 Å². The van der Waals surface area contributed by atoms with Crippen molar-refractivity contribution in [3.63, 3.8) is 0 Å². The molecule has 0 bridgehead atoms. The van der Waals surface area contributed by atoms with Crippen molar-refractivity contribution in [2.24, 2.45) is 0 Å². The van der Waals surface area contributed by atoms with E-state index in [9.17, 15) is 9.59 Å². The van der Waals surface area contributed by atoms with Crippen LogP contribution >= 0.6 is 0 Å². The van der Waals surface area contributed by atoms with Crippen molar-refractivity contribution in [3.05, 3.63) is 35.9 Å². The van der Waals surface area contributed by atoms with Gasteiger partial charge in [-0.25, -0.2) is 4.79 Å². The molecule has 1 amide bonds. The molecule has 1 aromatic carbocycles. The van der Waals surface area contributed by atoms with Gasteiger partial charge in [0.1, 0.15) is 0 Å². The molecule has 4 rings (SSSR count). The first-order chi connectivity index (χ1) is 16.0. The number of carbonyl (C=O) groups excluding carboxylic acids is 1. The molecular formula is C24H37N5O4. The van der Waals surface area contributed by atoms with Gasteiger partial charge in [0, 0.05) is 78.5 Å². The second-order valence-electron chi connectivity index (χ2n) is 9.33. The average molecular weight is 460 g/mol. The summed E-state index contributed by atoms with van der Waals surface area (Å²) in [7, 11) is 0. The van der Waals surface area contributed by atoms with Gasteiger partial charge >= 0.3 is 12.1 Å². The highest BCUT2D eigenvalue weighted by atomic mass is 16.6. The molecule has 3 saturated heterocycles. The van der Waals surface area contributed by atoms with Gasteiger partial charge in [-0.2, -0.15) is 0 Å². The van der Waals surface area contributed by atoms with Crippen LogP contribution in [0.4, 0.5) is 4.79 Å². The monoisotopic (exact) mass is 459 g/mol. The molecule has 0 aliphatic carbocycles. The number of aliphatic carboxylic acids is 1. The van der Waals surface area contributed by atoms with E-state index in [0.717, 1.165) is 65.4 Å². The fourth-order valence-corrected chi connectivity index (χ4v) is 5.02. The third kappa shape index (κ3) is 6.44. The predicted molar refractivity (Wildman–Crippen MR) is 125 cm³/mol. The van der Waals surface area contributed by atoms with Gasteiger partial charge in [0.25, 0.3) is 0 Å². The molecule has 0 saturated carbocycles. The zero-order chi connectivity index (χ0) is 23.2. The van der Waals surface area contributed by atoms with E-state index < -0.39 is 5.97 Å². The normalized spacial score (nSPS) is 26.0. The molecule has 3 heterocycles. The molecule has 2 atom stereocenters. The summed E-state index contributed by atoms with van der Waals surface area (Å²) in [5, 5.41) is 8.87. The van der Waals surface area contributed by atoms with Gasteiger partial charge in [-0.3, -0.25) is 24.4 Å². The third-order valence-corrected chi connectivity index (χ3v) is 7.14. The lowest BCUT2D eigenvalue weighted by molar-refractivity contribution is -0.137. The first kappa shape index (κ1) is 23.9. The highest BCUT2D eigenvalue weighted by molar-refractivity contribution is 5.70. The first-order valence-electron chi connectivity index (χ1n) is 12.1. The number of amides is 1. The summed E-state index contributed by atoms with van der Waals surface area (Å²) >= 11 is 0. The van der Waals surface area contributed by atoms with Gasteiger partial charge in [0.05, 0.1) is 12.5 Å². The summed E-state index contributed by atoms with van der Waals surface area (Å²) in [5.41, 5.74) is 1.35. The van der Waals surface area contributed by atoms with Crippen LogP contribution < -0.4 is 0 Å². The Hall–Kier alpha value is -2.20. The summed E-state index contributed by atoms with van der Waals surface area (Å²) in [6, 6.07) is 10.6. The fraction of sp³-hybridized carbons (Fsp3) is 0.667. The Labute approximate surface area is 196 Å². The van der Waals surface area contributed by atoms with E-state index >= 15 is 0 Å². The Morgan fingerprint density at radius 2 is 1.52 bits per heavy atom. The molecule has 1 N–H and O–H groups in total. The molecule has 0 spiro atoms. The van der Waals surface area contributed by atoms with Crippen LogP contribution in [0.5, 0.6) is 0 Å². The predicted octanol–water partition coefficient (Wildman–Crippen LogP) is 1.06. The van der Waals surface area contributed by atoms with E-state index in [0.29, 0.717) is 13.1 Å². The molecule has 9 heteroatoms. The topological polar surface area (TPSA) is 79.8 Å². The van der Waals surface area contributed by atoms with E-state index in [-0.39, 0.29) is 24.8 Å². The minimum absolute atomic E-state index is 0.0161. The second-order valence-corrected chi connectivity index (χ2v) is 9.33. The van der Waals surface area contributed by atoms with Crippen LogP contribution in [-0.4, -0.2) is 126 Å². The molecule has 3 aliphatic rings. The van der Waals surface area contributed by atoms with Crippen molar-refractivity contribution in [1.29, 1.82) is 0 Å². The molecule has 2 unspecified atom stereocenters. The molecule has 1 aromatic rings. The SMILES string of the molecule is CC1C(N2CCN(CCC(=O)O)CC2)OC(=O)N1CCN1CCN(Cc2ccccc2)CC1. The number of carboxylic acid groups (broad SMARTS) is 1. The maximum Gasteiger partial charge on any atom is 0.411 e. The fourth-order valence-electron chi connectivity index (χ4n) is 5.02. The van der Waals surface area contributed by atoms with Gasteiger partial charge in [0.15, 0.2) is 6.23 Å². The lowest BCUT2D eigenvalue weighted by atomic mass is 10.2. The zero-order valence-corrected chi connectivity index (χ0v) is 19.6. The quantitative estimate of drug-likeness (QED) is 0.587. The molecule has 9 nitrogen and oxygen atoms in total. The van der Waals surface area contributed by atoms with Gasteiger partial charge in [-0.1, -0.05) is 30.3 Å². The zero-order valence-electron chi connectivity index (χ0n) is 19.6. The van der Waals surface area contributed by atoms with Gasteiger partial charge in [0.2, 0.25) is 0 Å². The maximum atomic E-state index is 12.6. The van der Waals surface area contributed by atoms with Crippen LogP contribution in [0.1, 0.15) is 18.9 Å². The number of carbonyl (C=O) groups is 2. The summed E-state index contributed by atoms with van der Waals surface area (Å²) in [6.45, 7) is 12.5. The van der Waals surface area contributed by atoms with Gasteiger partial charge < -0.3 is 14.7 Å². The number of nitrogens with zero attached hydrogens (tertiary/aromatic N) is 5. The number of rotatable bonds is 9. The van der Waals surface area contributed by atoms with Gasteiger partial charge in [-0.05, 0) is 12.5 Å². The number of hydrogen-bond acceptors (Lipinski definition) is 7. The van der Waals surface area contributed by atoms with Gasteiger partial charge in [-0.15, -0.1) is 0 Å². The Morgan fingerprint density at radius 1 is 0.909 bits per heavy atom. The highest BCUT2D eigenvalue weighted by Gasteiger charge is 2.42. The van der Waals surface area contributed by atoms with E-state index in [1.807, 2.05) is 4.90 Å². The van der Waals surface area contributed by atoms with Crippen molar-refractivity contribution in [3.8, 4) is 0 Å². The largest absolute Gasteiger partial charge is 0.481 e. The van der Waals surface area contributed by atoms with Crippen LogP contribution in [0.15, 0.2) is 30.3 Å². The number of piperazine rings is 2. The van der Waals surface area contributed by atoms with Crippen molar-refractivity contribution in [2.75, 3.05) is 72.0 Å². The third-order valence-electron chi connectivity index (χ3n) is 7.14. The van der Waals surface area contributed by atoms with Crippen LogP contribution in [0.2, 0.25) is 0 Å². The van der Waals surface area contributed by atoms with Crippen molar-refractivity contribution in [2.45, 2.75) is 32.2 Å². The summed E-state index contributed by atoms with van der Waals surface area (Å²) in [5.74, 6) is -0.760. The van der Waals surface area contributed by atoms with E-state index in [2.05, 4.69) is 56.9 Å². The lowest BCUT2D eigenvalue weighted by Crippen LogP contribution is -2.54. The minimum Gasteiger partial charge on any atom is -0.481 e. The Balaban J connectivity index is 1.18. The molecule has 3 aliphatic heterocycles. The highest BCUT2D eigenvalue weighted by Crippen LogP contribution is 2.23. The number of benzene rings is 1. The van der Waals surface area contributed by atoms with Crippen LogP contribution in [0, 0.1) is 0 Å².